The first-order valence-electron chi connectivity index (χ1n) is 22.7. The summed E-state index contributed by atoms with van der Waals surface area (Å²) in [5.74, 6) is -1.31. The number of nitro groups is 1. The van der Waals surface area contributed by atoms with E-state index in [0.29, 0.717) is 102 Å². The molecular formula is C50H66N5O11Si+. The van der Waals surface area contributed by atoms with Gasteiger partial charge >= 0.3 is 5.97 Å². The number of nitro benzene ring substituents is 1. The highest BCUT2D eigenvalue weighted by atomic mass is 28.3. The Bertz CT molecular complexity index is 2390. The Morgan fingerprint density at radius 2 is 1.42 bits per heavy atom. The van der Waals surface area contributed by atoms with E-state index in [1.165, 1.54) is 22.5 Å². The van der Waals surface area contributed by atoms with Gasteiger partial charge in [0.2, 0.25) is 0 Å². The number of hydrogen-bond acceptors (Lipinski definition) is 12. The van der Waals surface area contributed by atoms with Gasteiger partial charge in [0.05, 0.1) is 69.9 Å². The van der Waals surface area contributed by atoms with Gasteiger partial charge in [0, 0.05) is 76.1 Å². The Morgan fingerprint density at radius 3 is 2.07 bits per heavy atom. The quantitative estimate of drug-likeness (QED) is 0.0260. The second-order valence-electron chi connectivity index (χ2n) is 17.2. The van der Waals surface area contributed by atoms with Crippen LogP contribution in [0.2, 0.25) is 13.1 Å². The molecule has 0 radical (unpaired) electrons. The van der Waals surface area contributed by atoms with Crippen LogP contribution < -0.4 is 20.7 Å². The number of carboxylic acid groups (broad SMARTS) is 1. The molecule has 0 atom stereocenters. The van der Waals surface area contributed by atoms with E-state index in [4.69, 9.17) is 23.7 Å². The van der Waals surface area contributed by atoms with Crippen LogP contribution in [0, 0.1) is 17.0 Å². The molecule has 360 valence electrons. The summed E-state index contributed by atoms with van der Waals surface area (Å²) in [5, 5.41) is 30.0. The second-order valence-corrected chi connectivity index (χ2v) is 21.6. The second kappa shape index (κ2) is 25.3. The van der Waals surface area contributed by atoms with Gasteiger partial charge in [0.1, 0.15) is 33.6 Å². The maximum absolute atomic E-state index is 13.5. The van der Waals surface area contributed by atoms with Gasteiger partial charge < -0.3 is 44.3 Å². The number of fused-ring (bicyclic) bond motifs is 2. The molecule has 3 aromatic rings. The number of carboxylic acids is 1. The summed E-state index contributed by atoms with van der Waals surface area (Å²) in [6.45, 7) is 10.6. The number of benzene rings is 3. The molecule has 0 bridgehead atoms. The average Bonchev–Trinajstić information content (AvgIpc) is 3.29. The molecule has 0 spiro atoms. The third kappa shape index (κ3) is 14.6. The molecule has 0 unspecified atom stereocenters. The number of nitrogens with one attached hydrogen (secondary N) is 2. The Kier molecular flexibility index (Phi) is 19.7. The standard InChI is InChI=1S/C50H65N5O11Si/c1-35-10-17-44(45(31-35)55(60)61)51-19-23-64-27-25-62-21-8-9-39(56)18-22-63-26-29-66-30-28-65-24-20-52-49(57)36-11-14-40(50(58)59)43(32-36)48-41-15-12-37(53(2)3)33-46(41)67(6,7)47-34-38(54(4)5)13-16-42(47)48/h10-17,31-34,51H,8-9,18-30H2,1-7H3,(H-,52,57,58,59)/p+1. The van der Waals surface area contributed by atoms with Crippen LogP contribution in [-0.2, 0) is 28.5 Å². The van der Waals surface area contributed by atoms with Gasteiger partial charge in [-0.15, -0.1) is 0 Å². The molecule has 2 aliphatic rings. The number of anilines is 2. The van der Waals surface area contributed by atoms with Gasteiger partial charge in [-0.3, -0.25) is 19.7 Å². The number of ether oxygens (including phenoxy) is 5. The van der Waals surface area contributed by atoms with Gasteiger partial charge in [-0.2, -0.15) is 0 Å². The van der Waals surface area contributed by atoms with Crippen LogP contribution in [-0.4, -0.2) is 153 Å². The van der Waals surface area contributed by atoms with Crippen LogP contribution >= 0.6 is 0 Å². The van der Waals surface area contributed by atoms with Crippen molar-refractivity contribution in [2.45, 2.75) is 39.3 Å². The SMILES string of the molecule is Cc1ccc(NCCOCCOCCCC(=O)CCOCCOCCOCCNC(=O)c2ccc(C(=O)O)c(C3=C4C=CC(=[N+](C)C)C=C4[Si](C)(C)c4cc(N(C)C)ccc43)c2)c([N+](=O)[O-])c1. The molecule has 67 heavy (non-hydrogen) atoms. The third-order valence-electron chi connectivity index (χ3n) is 11.5. The lowest BCUT2D eigenvalue weighted by molar-refractivity contribution is -0.462. The van der Waals surface area contributed by atoms with Crippen molar-refractivity contribution in [1.29, 1.82) is 0 Å². The molecule has 5 rings (SSSR count). The van der Waals surface area contributed by atoms with E-state index in [0.717, 1.165) is 33.7 Å². The fourth-order valence-corrected chi connectivity index (χ4v) is 10.9. The first-order valence-corrected chi connectivity index (χ1v) is 25.7. The summed E-state index contributed by atoms with van der Waals surface area (Å²) in [5.41, 5.74) is 7.18. The van der Waals surface area contributed by atoms with Crippen LogP contribution in [0.4, 0.5) is 17.1 Å². The molecule has 1 aliphatic heterocycles. The monoisotopic (exact) mass is 940 g/mol. The number of ketones is 1. The summed E-state index contributed by atoms with van der Waals surface area (Å²) in [7, 11) is 5.78. The van der Waals surface area contributed by atoms with E-state index in [9.17, 15) is 29.6 Å². The molecular weight excluding hydrogens is 875 g/mol. The third-order valence-corrected chi connectivity index (χ3v) is 15.1. The number of aryl methyl sites for hydroxylation is 1. The van der Waals surface area contributed by atoms with Crippen LogP contribution in [0.15, 0.2) is 83.6 Å². The highest BCUT2D eigenvalue weighted by molar-refractivity contribution is 6.98. The normalized spacial score (nSPS) is 13.7. The molecule has 1 aliphatic carbocycles. The average molecular weight is 941 g/mol. The van der Waals surface area contributed by atoms with Crippen LogP contribution in [0.25, 0.3) is 5.57 Å². The Hall–Kier alpha value is -5.82. The summed E-state index contributed by atoms with van der Waals surface area (Å²) < 4.78 is 29.9. The van der Waals surface area contributed by atoms with Crippen molar-refractivity contribution >= 4 is 59.3 Å². The maximum Gasteiger partial charge on any atom is 0.336 e. The molecule has 3 N–H and O–H groups in total. The van der Waals surface area contributed by atoms with E-state index < -0.39 is 19.0 Å². The molecule has 0 saturated carbocycles. The lowest BCUT2D eigenvalue weighted by Gasteiger charge is -2.38. The van der Waals surface area contributed by atoms with E-state index in [1.807, 2.05) is 34.3 Å². The van der Waals surface area contributed by atoms with Crippen molar-refractivity contribution in [2.75, 3.05) is 118 Å². The van der Waals surface area contributed by atoms with Gasteiger partial charge in [0.15, 0.2) is 5.71 Å². The smallest absolute Gasteiger partial charge is 0.336 e. The van der Waals surface area contributed by atoms with Gasteiger partial charge in [-0.05, 0) is 94.0 Å². The summed E-state index contributed by atoms with van der Waals surface area (Å²) in [6, 6.07) is 16.2. The van der Waals surface area contributed by atoms with Crippen molar-refractivity contribution in [2.24, 2.45) is 0 Å². The molecule has 0 aromatic heterocycles. The van der Waals surface area contributed by atoms with E-state index >= 15 is 0 Å². The molecule has 1 amide bonds. The number of aromatic carboxylic acids is 1. The number of amides is 1. The molecule has 0 fully saturated rings. The predicted molar refractivity (Wildman–Crippen MR) is 263 cm³/mol. The molecule has 3 aromatic carbocycles. The Balaban J connectivity index is 0.959. The van der Waals surface area contributed by atoms with Crippen LogP contribution in [0.1, 0.15) is 56.7 Å². The number of carbonyl (C=O) groups is 3. The number of carbonyl (C=O) groups excluding carboxylic acids is 2. The summed E-state index contributed by atoms with van der Waals surface area (Å²) >= 11 is 0. The number of Topliss-reactive ketones (excluding diaryl/α,β-unsaturated/α-hetero) is 1. The first-order chi connectivity index (χ1) is 32.1. The van der Waals surface area contributed by atoms with E-state index in [1.54, 1.807) is 25.1 Å². The van der Waals surface area contributed by atoms with Crippen molar-refractivity contribution < 1.29 is 52.7 Å². The molecule has 17 heteroatoms. The Labute approximate surface area is 394 Å². The maximum atomic E-state index is 13.5. The first kappa shape index (κ1) is 52.2. The Morgan fingerprint density at radius 1 is 0.761 bits per heavy atom. The highest BCUT2D eigenvalue weighted by Gasteiger charge is 2.41. The summed E-state index contributed by atoms with van der Waals surface area (Å²) in [6.07, 6.45) is 7.69. The fourth-order valence-electron chi connectivity index (χ4n) is 7.84. The van der Waals surface area contributed by atoms with Crippen molar-refractivity contribution in [3.63, 3.8) is 0 Å². The molecule has 0 saturated heterocycles. The van der Waals surface area contributed by atoms with Crippen molar-refractivity contribution in [1.82, 2.24) is 5.32 Å². The number of allylic oxidation sites excluding steroid dienone is 5. The zero-order chi connectivity index (χ0) is 48.5. The minimum atomic E-state index is -2.26. The minimum Gasteiger partial charge on any atom is -0.478 e. The number of hydrogen-bond donors (Lipinski definition) is 3. The van der Waals surface area contributed by atoms with Crippen molar-refractivity contribution in [3.05, 3.63) is 122 Å². The molecule has 16 nitrogen and oxygen atoms in total. The fraction of sp³-hybridized carbons (Fsp3) is 0.440. The topological polar surface area (TPSA) is 191 Å². The van der Waals surface area contributed by atoms with Crippen LogP contribution in [0.3, 0.4) is 0 Å². The van der Waals surface area contributed by atoms with Crippen molar-refractivity contribution in [3.8, 4) is 0 Å². The lowest BCUT2D eigenvalue weighted by Crippen LogP contribution is -2.49. The van der Waals surface area contributed by atoms with Crippen LogP contribution in [0.5, 0.6) is 0 Å². The minimum absolute atomic E-state index is 0.0356. The zero-order valence-corrected chi connectivity index (χ0v) is 40.9. The number of nitrogens with zero attached hydrogens (tertiary/aromatic N) is 3. The molecule has 1 heterocycles. The highest BCUT2D eigenvalue weighted by Crippen LogP contribution is 2.43. The zero-order valence-electron chi connectivity index (χ0n) is 39.9. The largest absolute Gasteiger partial charge is 0.478 e. The lowest BCUT2D eigenvalue weighted by atomic mass is 9.86. The summed E-state index contributed by atoms with van der Waals surface area (Å²) in [4.78, 5) is 51.3. The van der Waals surface area contributed by atoms with Gasteiger partial charge in [-0.1, -0.05) is 25.2 Å². The van der Waals surface area contributed by atoms with E-state index in [2.05, 4.69) is 69.6 Å². The number of rotatable bonds is 28. The van der Waals surface area contributed by atoms with Gasteiger partial charge in [0.25, 0.3) is 11.6 Å². The van der Waals surface area contributed by atoms with E-state index in [-0.39, 0.29) is 36.1 Å². The van der Waals surface area contributed by atoms with Gasteiger partial charge in [-0.25, -0.2) is 9.37 Å². The predicted octanol–water partition coefficient (Wildman–Crippen LogP) is 5.81.